The van der Waals surface area contributed by atoms with Crippen LogP contribution >= 0.6 is 11.3 Å². The molecule has 0 aliphatic carbocycles. The fraction of sp³-hybridized carbons (Fsp3) is 0.455. The Morgan fingerprint density at radius 1 is 1.38 bits per heavy atom. The second kappa shape index (κ2) is 4.76. The quantitative estimate of drug-likeness (QED) is 0.887. The van der Waals surface area contributed by atoms with E-state index in [0.29, 0.717) is 12.5 Å². The Kier molecular flexibility index (Phi) is 3.36. The molecule has 2 rings (SSSR count). The molecule has 2 aromatic rings. The zero-order valence-corrected chi connectivity index (χ0v) is 10.2. The zero-order valence-electron chi connectivity index (χ0n) is 9.37. The van der Waals surface area contributed by atoms with Gasteiger partial charge in [0.2, 0.25) is 0 Å². The van der Waals surface area contributed by atoms with Gasteiger partial charge in [0.15, 0.2) is 0 Å². The van der Waals surface area contributed by atoms with E-state index < -0.39 is 6.10 Å². The standard InChI is InChI=1S/C11H15N3OS/c1-8(2)14-6-12-5-10(14)11(15)3-9-4-13-7-16-9/h4-8,11,15H,3H2,1-2H3. The fourth-order valence-electron chi connectivity index (χ4n) is 1.64. The molecule has 5 heteroatoms. The highest BCUT2D eigenvalue weighted by molar-refractivity contribution is 7.09. The number of hydrogen-bond donors (Lipinski definition) is 1. The van der Waals surface area contributed by atoms with Gasteiger partial charge < -0.3 is 9.67 Å². The summed E-state index contributed by atoms with van der Waals surface area (Å²) < 4.78 is 1.99. The van der Waals surface area contributed by atoms with E-state index in [1.807, 2.05) is 4.57 Å². The zero-order chi connectivity index (χ0) is 11.5. The van der Waals surface area contributed by atoms with Crippen LogP contribution in [0.4, 0.5) is 0 Å². The highest BCUT2D eigenvalue weighted by atomic mass is 32.1. The minimum Gasteiger partial charge on any atom is -0.386 e. The minimum absolute atomic E-state index is 0.314. The van der Waals surface area contributed by atoms with E-state index in [9.17, 15) is 5.11 Å². The first kappa shape index (κ1) is 11.3. The van der Waals surface area contributed by atoms with E-state index in [2.05, 4.69) is 23.8 Å². The summed E-state index contributed by atoms with van der Waals surface area (Å²) in [6.07, 6.45) is 5.37. The second-order valence-corrected chi connectivity index (χ2v) is 4.98. The van der Waals surface area contributed by atoms with Crippen LogP contribution in [-0.4, -0.2) is 19.6 Å². The molecule has 0 saturated heterocycles. The molecule has 0 bridgehead atoms. The highest BCUT2D eigenvalue weighted by Crippen LogP contribution is 2.22. The summed E-state index contributed by atoms with van der Waals surface area (Å²) in [4.78, 5) is 9.17. The first-order chi connectivity index (χ1) is 7.68. The summed E-state index contributed by atoms with van der Waals surface area (Å²) in [5, 5.41) is 10.1. The summed E-state index contributed by atoms with van der Waals surface area (Å²) in [5.41, 5.74) is 2.64. The van der Waals surface area contributed by atoms with E-state index in [0.717, 1.165) is 10.6 Å². The lowest BCUT2D eigenvalue weighted by Gasteiger charge is -2.15. The summed E-state index contributed by atoms with van der Waals surface area (Å²) in [6, 6.07) is 0.314. The molecular formula is C11H15N3OS. The first-order valence-electron chi connectivity index (χ1n) is 5.25. The van der Waals surface area contributed by atoms with Crippen molar-refractivity contribution in [2.75, 3.05) is 0 Å². The number of imidazole rings is 1. The lowest BCUT2D eigenvalue weighted by atomic mass is 10.1. The van der Waals surface area contributed by atoms with Gasteiger partial charge in [-0.2, -0.15) is 0 Å². The molecule has 1 atom stereocenters. The molecule has 0 amide bonds. The SMILES string of the molecule is CC(C)n1cncc1C(O)Cc1cncs1. The van der Waals surface area contributed by atoms with Crippen molar-refractivity contribution in [3.8, 4) is 0 Å². The Morgan fingerprint density at radius 2 is 2.19 bits per heavy atom. The van der Waals surface area contributed by atoms with Gasteiger partial charge in [-0.05, 0) is 13.8 Å². The molecule has 0 aliphatic heterocycles. The third-order valence-electron chi connectivity index (χ3n) is 2.47. The number of aromatic nitrogens is 3. The number of aliphatic hydroxyl groups excluding tert-OH is 1. The maximum atomic E-state index is 10.1. The normalized spacial score (nSPS) is 13.2. The third-order valence-corrected chi connectivity index (χ3v) is 3.27. The summed E-state index contributed by atoms with van der Waals surface area (Å²) in [7, 11) is 0. The molecule has 0 saturated carbocycles. The van der Waals surface area contributed by atoms with Crippen molar-refractivity contribution in [1.82, 2.24) is 14.5 Å². The maximum Gasteiger partial charge on any atom is 0.100 e. The molecular weight excluding hydrogens is 222 g/mol. The van der Waals surface area contributed by atoms with Gasteiger partial charge in [0.05, 0.1) is 23.7 Å². The van der Waals surface area contributed by atoms with E-state index in [-0.39, 0.29) is 0 Å². The van der Waals surface area contributed by atoms with Crippen LogP contribution in [0.15, 0.2) is 24.2 Å². The van der Waals surface area contributed by atoms with Crippen LogP contribution in [0.1, 0.15) is 36.6 Å². The number of aliphatic hydroxyl groups is 1. The van der Waals surface area contributed by atoms with Crippen molar-refractivity contribution in [2.24, 2.45) is 0 Å². The Hall–Kier alpha value is -1.20. The molecule has 1 N–H and O–H groups in total. The molecule has 2 heterocycles. The van der Waals surface area contributed by atoms with Gasteiger partial charge >= 0.3 is 0 Å². The van der Waals surface area contributed by atoms with Crippen molar-refractivity contribution >= 4 is 11.3 Å². The van der Waals surface area contributed by atoms with Gasteiger partial charge in [-0.1, -0.05) is 0 Å². The lowest BCUT2D eigenvalue weighted by molar-refractivity contribution is 0.168. The van der Waals surface area contributed by atoms with Crippen LogP contribution in [0.25, 0.3) is 0 Å². The molecule has 2 aromatic heterocycles. The van der Waals surface area contributed by atoms with Crippen LogP contribution in [0, 0.1) is 0 Å². The van der Waals surface area contributed by atoms with E-state index >= 15 is 0 Å². The molecule has 86 valence electrons. The monoisotopic (exact) mass is 237 g/mol. The van der Waals surface area contributed by atoms with Crippen molar-refractivity contribution in [2.45, 2.75) is 32.4 Å². The Balaban J connectivity index is 2.14. The van der Waals surface area contributed by atoms with Crippen molar-refractivity contribution < 1.29 is 5.11 Å². The Labute approximate surface area is 98.6 Å². The van der Waals surface area contributed by atoms with Crippen molar-refractivity contribution in [1.29, 1.82) is 0 Å². The van der Waals surface area contributed by atoms with Gasteiger partial charge in [0.25, 0.3) is 0 Å². The summed E-state index contributed by atoms with van der Waals surface area (Å²) in [5.74, 6) is 0. The summed E-state index contributed by atoms with van der Waals surface area (Å²) in [6.45, 7) is 4.15. The fourth-order valence-corrected chi connectivity index (χ4v) is 2.28. The van der Waals surface area contributed by atoms with Gasteiger partial charge in [-0.3, -0.25) is 4.98 Å². The Morgan fingerprint density at radius 3 is 2.81 bits per heavy atom. The molecule has 0 radical (unpaired) electrons. The molecule has 16 heavy (non-hydrogen) atoms. The average molecular weight is 237 g/mol. The minimum atomic E-state index is -0.509. The number of hydrogen-bond acceptors (Lipinski definition) is 4. The molecule has 0 fully saturated rings. The highest BCUT2D eigenvalue weighted by Gasteiger charge is 2.15. The molecule has 4 nitrogen and oxygen atoms in total. The molecule has 0 aromatic carbocycles. The largest absolute Gasteiger partial charge is 0.386 e. The topological polar surface area (TPSA) is 50.9 Å². The lowest BCUT2D eigenvalue weighted by Crippen LogP contribution is -2.10. The van der Waals surface area contributed by atoms with E-state index in [4.69, 9.17) is 0 Å². The van der Waals surface area contributed by atoms with Crippen LogP contribution in [0.3, 0.4) is 0 Å². The Bertz CT molecular complexity index is 436. The molecule has 1 unspecified atom stereocenters. The van der Waals surface area contributed by atoms with Crippen LogP contribution in [0.5, 0.6) is 0 Å². The van der Waals surface area contributed by atoms with Crippen molar-refractivity contribution in [3.05, 3.63) is 34.8 Å². The second-order valence-electron chi connectivity index (χ2n) is 4.01. The van der Waals surface area contributed by atoms with Gasteiger partial charge in [0.1, 0.15) is 6.10 Å². The van der Waals surface area contributed by atoms with Gasteiger partial charge in [-0.15, -0.1) is 11.3 Å². The van der Waals surface area contributed by atoms with Crippen molar-refractivity contribution in [3.63, 3.8) is 0 Å². The van der Waals surface area contributed by atoms with Gasteiger partial charge in [-0.25, -0.2) is 4.98 Å². The molecule has 0 aliphatic rings. The van der Waals surface area contributed by atoms with E-state index in [1.165, 1.54) is 0 Å². The third kappa shape index (κ3) is 2.31. The van der Waals surface area contributed by atoms with Crippen LogP contribution < -0.4 is 0 Å². The van der Waals surface area contributed by atoms with Crippen LogP contribution in [-0.2, 0) is 6.42 Å². The van der Waals surface area contributed by atoms with Gasteiger partial charge in [0, 0.05) is 23.5 Å². The first-order valence-corrected chi connectivity index (χ1v) is 6.13. The summed E-state index contributed by atoms with van der Waals surface area (Å²) >= 11 is 1.56. The number of thiazole rings is 1. The predicted molar refractivity (Wildman–Crippen MR) is 63.4 cm³/mol. The van der Waals surface area contributed by atoms with Crippen LogP contribution in [0.2, 0.25) is 0 Å². The average Bonchev–Trinajstić information content (AvgIpc) is 2.86. The number of nitrogens with zero attached hydrogens (tertiary/aromatic N) is 3. The maximum absolute atomic E-state index is 10.1. The molecule has 0 spiro atoms. The predicted octanol–water partition coefficient (Wildman–Crippen LogP) is 2.20. The smallest absolute Gasteiger partial charge is 0.100 e. The van der Waals surface area contributed by atoms with E-state index in [1.54, 1.807) is 35.6 Å². The number of rotatable bonds is 4.